The summed E-state index contributed by atoms with van der Waals surface area (Å²) in [5.41, 5.74) is 2.43. The molecule has 0 saturated heterocycles. The van der Waals surface area contributed by atoms with Gasteiger partial charge in [-0.3, -0.25) is 9.36 Å². The van der Waals surface area contributed by atoms with Gasteiger partial charge in [-0.05, 0) is 49.2 Å². The molecule has 0 spiro atoms. The van der Waals surface area contributed by atoms with Crippen LogP contribution in [0.15, 0.2) is 53.5 Å². The number of nitrogens with one attached hydrogen (secondary N) is 1. The Morgan fingerprint density at radius 3 is 2.85 bits per heavy atom. The number of ether oxygens (including phenoxy) is 1. The zero-order valence-electron chi connectivity index (χ0n) is 14.3. The Morgan fingerprint density at radius 1 is 1.22 bits per heavy atom. The van der Waals surface area contributed by atoms with Crippen LogP contribution in [-0.4, -0.2) is 14.5 Å². The van der Waals surface area contributed by atoms with Crippen molar-refractivity contribution in [2.75, 3.05) is 0 Å². The molecule has 136 valence electrons. The van der Waals surface area contributed by atoms with Gasteiger partial charge < -0.3 is 9.72 Å². The smallest absolute Gasteiger partial charge is 0.258 e. The van der Waals surface area contributed by atoms with E-state index in [1.807, 2.05) is 18.2 Å². The Hall–Kier alpha value is -2.93. The molecule has 1 saturated carbocycles. The number of aromatic amines is 1. The maximum Gasteiger partial charge on any atom is 0.258 e. The summed E-state index contributed by atoms with van der Waals surface area (Å²) < 4.78 is 20.2. The Morgan fingerprint density at radius 2 is 2.11 bits per heavy atom. The Labute approximate surface area is 158 Å². The first-order chi connectivity index (χ1) is 13.2. The second-order valence-electron chi connectivity index (χ2n) is 6.66. The van der Waals surface area contributed by atoms with Crippen molar-refractivity contribution in [1.29, 1.82) is 0 Å². The number of H-pyrrole nitrogens is 1. The van der Waals surface area contributed by atoms with Crippen LogP contribution in [0.1, 0.15) is 29.5 Å². The van der Waals surface area contributed by atoms with Crippen LogP contribution >= 0.6 is 11.3 Å². The van der Waals surface area contributed by atoms with Gasteiger partial charge in [0.25, 0.3) is 5.56 Å². The number of nitrogens with zero attached hydrogens (tertiary/aromatic N) is 2. The molecule has 1 N–H and O–H groups in total. The molecule has 1 aliphatic carbocycles. The molecule has 1 aromatic carbocycles. The van der Waals surface area contributed by atoms with Crippen LogP contribution in [0.2, 0.25) is 0 Å². The van der Waals surface area contributed by atoms with E-state index < -0.39 is 0 Å². The molecule has 0 unspecified atom stereocenters. The molecule has 4 aromatic rings. The van der Waals surface area contributed by atoms with E-state index in [1.54, 1.807) is 22.9 Å². The zero-order valence-corrected chi connectivity index (χ0v) is 15.1. The molecule has 0 atom stereocenters. The highest BCUT2D eigenvalue weighted by Crippen LogP contribution is 2.39. The quantitative estimate of drug-likeness (QED) is 0.558. The van der Waals surface area contributed by atoms with Crippen LogP contribution in [-0.2, 0) is 6.61 Å². The molecule has 3 heterocycles. The van der Waals surface area contributed by atoms with Gasteiger partial charge in [0.2, 0.25) is 0 Å². The van der Waals surface area contributed by atoms with Crippen molar-refractivity contribution in [3.63, 3.8) is 0 Å². The van der Waals surface area contributed by atoms with Gasteiger partial charge in [0, 0.05) is 23.1 Å². The third kappa shape index (κ3) is 3.26. The standard InChI is InChI=1S/C20H16FN3O2S/c21-18-6-4-15(27-18)11-26-14-7-8-24(19(25)10-14)13-3-5-16-17(9-13)23-20(22-16)12-1-2-12/h3-10,12H,1-2,11H2,(H,22,23). The number of hydrogen-bond donors (Lipinski definition) is 1. The number of rotatable bonds is 5. The van der Waals surface area contributed by atoms with E-state index in [0.29, 0.717) is 11.7 Å². The topological polar surface area (TPSA) is 59.9 Å². The van der Waals surface area contributed by atoms with Crippen LogP contribution in [0, 0.1) is 5.13 Å². The lowest BCUT2D eigenvalue weighted by Crippen LogP contribution is -2.16. The predicted molar refractivity (Wildman–Crippen MR) is 102 cm³/mol. The number of fused-ring (bicyclic) bond motifs is 1. The average Bonchev–Trinajstić information content (AvgIpc) is 3.29. The summed E-state index contributed by atoms with van der Waals surface area (Å²) in [7, 11) is 0. The highest BCUT2D eigenvalue weighted by Gasteiger charge is 2.26. The molecule has 5 rings (SSSR count). The lowest BCUT2D eigenvalue weighted by molar-refractivity contribution is 0.309. The molecule has 5 nitrogen and oxygen atoms in total. The maximum atomic E-state index is 13.0. The third-order valence-electron chi connectivity index (χ3n) is 4.63. The van der Waals surface area contributed by atoms with Gasteiger partial charge in [0.1, 0.15) is 18.2 Å². The monoisotopic (exact) mass is 381 g/mol. The number of halogens is 1. The molecular formula is C20H16FN3O2S. The van der Waals surface area contributed by atoms with Gasteiger partial charge in [0.05, 0.1) is 16.7 Å². The summed E-state index contributed by atoms with van der Waals surface area (Å²) in [6, 6.07) is 12.0. The second kappa shape index (κ2) is 6.35. The molecule has 1 aliphatic rings. The summed E-state index contributed by atoms with van der Waals surface area (Å²) in [5, 5.41) is -0.247. The van der Waals surface area contributed by atoms with Crippen LogP contribution in [0.25, 0.3) is 16.7 Å². The van der Waals surface area contributed by atoms with Crippen LogP contribution in [0.4, 0.5) is 4.39 Å². The second-order valence-corrected chi connectivity index (χ2v) is 7.78. The van der Waals surface area contributed by atoms with Gasteiger partial charge in [-0.15, -0.1) is 11.3 Å². The fourth-order valence-corrected chi connectivity index (χ4v) is 3.71. The predicted octanol–water partition coefficient (Wildman–Crippen LogP) is 4.37. The van der Waals surface area contributed by atoms with Crippen LogP contribution in [0.3, 0.4) is 0 Å². The fraction of sp³-hybridized carbons (Fsp3) is 0.200. The van der Waals surface area contributed by atoms with E-state index in [2.05, 4.69) is 9.97 Å². The van der Waals surface area contributed by atoms with Crippen LogP contribution < -0.4 is 10.3 Å². The largest absolute Gasteiger partial charge is 0.488 e. The van der Waals surface area contributed by atoms with Gasteiger partial charge >= 0.3 is 0 Å². The number of thiophene rings is 1. The van der Waals surface area contributed by atoms with Crippen molar-refractivity contribution < 1.29 is 9.13 Å². The first-order valence-electron chi connectivity index (χ1n) is 8.75. The van der Waals surface area contributed by atoms with Crippen molar-refractivity contribution in [2.24, 2.45) is 0 Å². The van der Waals surface area contributed by atoms with E-state index in [0.717, 1.165) is 38.8 Å². The molecule has 0 bridgehead atoms. The number of aromatic nitrogens is 3. The number of pyridine rings is 1. The Bertz CT molecular complexity index is 1190. The van der Waals surface area contributed by atoms with E-state index in [9.17, 15) is 9.18 Å². The lowest BCUT2D eigenvalue weighted by atomic mass is 10.2. The summed E-state index contributed by atoms with van der Waals surface area (Å²) in [6.07, 6.45) is 4.06. The van der Waals surface area contributed by atoms with Gasteiger partial charge in [-0.2, -0.15) is 4.39 Å². The molecule has 0 radical (unpaired) electrons. The number of hydrogen-bond acceptors (Lipinski definition) is 4. The maximum absolute atomic E-state index is 13.0. The van der Waals surface area contributed by atoms with E-state index in [-0.39, 0.29) is 17.3 Å². The summed E-state index contributed by atoms with van der Waals surface area (Å²) in [6.45, 7) is 0.238. The summed E-state index contributed by atoms with van der Waals surface area (Å²) in [4.78, 5) is 21.3. The minimum absolute atomic E-state index is 0.189. The lowest BCUT2D eigenvalue weighted by Gasteiger charge is -2.08. The molecule has 27 heavy (non-hydrogen) atoms. The van der Waals surface area contributed by atoms with Crippen molar-refractivity contribution in [3.05, 3.63) is 74.8 Å². The molecule has 0 aliphatic heterocycles. The molecule has 1 fully saturated rings. The average molecular weight is 381 g/mol. The highest BCUT2D eigenvalue weighted by atomic mass is 32.1. The highest BCUT2D eigenvalue weighted by molar-refractivity contribution is 7.10. The first-order valence-corrected chi connectivity index (χ1v) is 9.57. The van der Waals surface area contributed by atoms with Crippen molar-refractivity contribution >= 4 is 22.4 Å². The number of imidazole rings is 1. The normalized spacial score (nSPS) is 14.0. The van der Waals surface area contributed by atoms with Gasteiger partial charge in [-0.25, -0.2) is 4.98 Å². The molecular weight excluding hydrogens is 365 g/mol. The van der Waals surface area contributed by atoms with E-state index >= 15 is 0 Å². The van der Waals surface area contributed by atoms with Crippen LogP contribution in [0.5, 0.6) is 5.75 Å². The zero-order chi connectivity index (χ0) is 18.4. The first kappa shape index (κ1) is 16.3. The fourth-order valence-electron chi connectivity index (χ4n) is 3.06. The number of benzene rings is 1. The minimum atomic E-state index is -0.247. The van der Waals surface area contributed by atoms with E-state index in [4.69, 9.17) is 4.74 Å². The van der Waals surface area contributed by atoms with Gasteiger partial charge in [-0.1, -0.05) is 0 Å². The van der Waals surface area contributed by atoms with Gasteiger partial charge in [0.15, 0.2) is 5.13 Å². The SMILES string of the molecule is O=c1cc(OCc2ccc(F)s2)ccn1-c1ccc2nc(C3CC3)[nH]c2c1. The minimum Gasteiger partial charge on any atom is -0.488 e. The third-order valence-corrected chi connectivity index (χ3v) is 5.47. The Kier molecular flexibility index (Phi) is 3.82. The van der Waals surface area contributed by atoms with E-state index in [1.165, 1.54) is 25.0 Å². The summed E-state index contributed by atoms with van der Waals surface area (Å²) >= 11 is 1.04. The molecule has 0 amide bonds. The molecule has 7 heteroatoms. The van der Waals surface area contributed by atoms with Crippen molar-refractivity contribution in [3.8, 4) is 11.4 Å². The summed E-state index contributed by atoms with van der Waals surface area (Å²) in [5.74, 6) is 2.05. The Balaban J connectivity index is 1.39. The molecule has 3 aromatic heterocycles. The van der Waals surface area contributed by atoms with Crippen molar-refractivity contribution in [2.45, 2.75) is 25.4 Å². The van der Waals surface area contributed by atoms with Crippen molar-refractivity contribution in [1.82, 2.24) is 14.5 Å².